The Morgan fingerprint density at radius 3 is 2.64 bits per heavy atom. The van der Waals surface area contributed by atoms with Crippen molar-refractivity contribution >= 4 is 34.0 Å². The van der Waals surface area contributed by atoms with E-state index in [1.165, 1.54) is 10.9 Å². The van der Waals surface area contributed by atoms with Gasteiger partial charge < -0.3 is 4.74 Å². The minimum Gasteiger partial charge on any atom is -0.497 e. The predicted octanol–water partition coefficient (Wildman–Crippen LogP) is 3.80. The Kier molecular flexibility index (Phi) is 5.27. The van der Waals surface area contributed by atoms with Gasteiger partial charge in [-0.15, -0.1) is 0 Å². The summed E-state index contributed by atoms with van der Waals surface area (Å²) in [5.41, 5.74) is 0.736. The van der Waals surface area contributed by atoms with Crippen molar-refractivity contribution < 1.29 is 4.74 Å². The average Bonchev–Trinajstić information content (AvgIpc) is 2.61. The molecule has 0 saturated heterocycles. The van der Waals surface area contributed by atoms with Gasteiger partial charge in [0, 0.05) is 6.54 Å². The number of fused-ring (bicyclic) bond motifs is 1. The fourth-order valence-corrected chi connectivity index (χ4v) is 2.91. The molecule has 0 aliphatic heterocycles. The number of nitrogens with zero attached hydrogens (tertiary/aromatic N) is 3. The quantitative estimate of drug-likeness (QED) is 0.678. The normalized spacial score (nSPS) is 11.2. The lowest BCUT2D eigenvalue weighted by atomic mass is 10.1. The molecule has 0 radical (unpaired) electrons. The molecule has 3 aromatic rings. The molecule has 0 bridgehead atoms. The molecule has 0 aliphatic rings. The van der Waals surface area contributed by atoms with Crippen LogP contribution in [-0.2, 0) is 13.2 Å². The minimum atomic E-state index is -0.397. The minimum absolute atomic E-state index is 0.00952. The maximum Gasteiger partial charge on any atom is 0.288 e. The third kappa shape index (κ3) is 3.95. The molecule has 0 unspecified atom stereocenters. The Morgan fingerprint density at radius 1 is 1.16 bits per heavy atom. The summed E-state index contributed by atoms with van der Waals surface area (Å²) in [5.74, 6) is 0.836. The van der Waals surface area contributed by atoms with E-state index >= 15 is 0 Å². The zero-order valence-electron chi connectivity index (χ0n) is 13.9. The lowest BCUT2D eigenvalue weighted by Gasteiger charge is -2.18. The van der Waals surface area contributed by atoms with Crippen molar-refractivity contribution in [2.75, 3.05) is 14.2 Å². The smallest absolute Gasteiger partial charge is 0.288 e. The van der Waals surface area contributed by atoms with E-state index in [0.717, 1.165) is 22.1 Å². The van der Waals surface area contributed by atoms with Crippen LogP contribution >= 0.6 is 23.2 Å². The summed E-state index contributed by atoms with van der Waals surface area (Å²) in [6, 6.07) is 12.2. The standard InChI is InChI=1S/C18H17Cl2N3O2/c1-22(11-23-18(24)17(20)16(19)9-21-23)10-12-3-4-14-8-15(25-2)6-5-13(14)7-12/h3-9H,10-11H2,1-2H3. The van der Waals surface area contributed by atoms with Gasteiger partial charge in [-0.2, -0.15) is 5.10 Å². The van der Waals surface area contributed by atoms with Crippen molar-refractivity contribution in [2.24, 2.45) is 0 Å². The first-order valence-corrected chi connectivity index (χ1v) is 8.40. The van der Waals surface area contributed by atoms with E-state index < -0.39 is 5.56 Å². The Morgan fingerprint density at radius 2 is 1.88 bits per heavy atom. The van der Waals surface area contributed by atoms with Crippen molar-refractivity contribution in [1.29, 1.82) is 0 Å². The Balaban J connectivity index is 1.77. The van der Waals surface area contributed by atoms with Crippen LogP contribution < -0.4 is 10.3 Å². The lowest BCUT2D eigenvalue weighted by Crippen LogP contribution is -2.31. The highest BCUT2D eigenvalue weighted by atomic mass is 35.5. The number of rotatable bonds is 5. The number of hydrogen-bond acceptors (Lipinski definition) is 4. The lowest BCUT2D eigenvalue weighted by molar-refractivity contribution is 0.240. The second kappa shape index (κ2) is 7.44. The van der Waals surface area contributed by atoms with Crippen LogP contribution in [-0.4, -0.2) is 28.8 Å². The van der Waals surface area contributed by atoms with Gasteiger partial charge in [-0.3, -0.25) is 9.69 Å². The summed E-state index contributed by atoms with van der Waals surface area (Å²) < 4.78 is 6.54. The van der Waals surface area contributed by atoms with E-state index in [1.54, 1.807) is 7.11 Å². The molecule has 2 aromatic carbocycles. The largest absolute Gasteiger partial charge is 0.497 e. The molecule has 0 N–H and O–H groups in total. The molecule has 5 nitrogen and oxygen atoms in total. The van der Waals surface area contributed by atoms with Crippen molar-refractivity contribution in [3.05, 3.63) is 68.6 Å². The zero-order valence-corrected chi connectivity index (χ0v) is 15.4. The SMILES string of the molecule is COc1ccc2cc(CN(C)Cn3ncc(Cl)c(Cl)c3=O)ccc2c1. The number of aromatic nitrogens is 2. The molecular weight excluding hydrogens is 361 g/mol. The fourth-order valence-electron chi connectivity index (χ4n) is 2.63. The molecule has 0 fully saturated rings. The molecule has 7 heteroatoms. The third-order valence-electron chi connectivity index (χ3n) is 3.88. The van der Waals surface area contributed by atoms with Crippen LogP contribution in [0.5, 0.6) is 5.75 Å². The van der Waals surface area contributed by atoms with Crippen LogP contribution in [0.25, 0.3) is 10.8 Å². The molecule has 0 amide bonds. The summed E-state index contributed by atoms with van der Waals surface area (Å²) in [6.45, 7) is 0.979. The van der Waals surface area contributed by atoms with Crippen molar-refractivity contribution in [1.82, 2.24) is 14.7 Å². The average molecular weight is 378 g/mol. The highest BCUT2D eigenvalue weighted by Crippen LogP contribution is 2.22. The number of benzene rings is 2. The van der Waals surface area contributed by atoms with E-state index in [1.807, 2.05) is 30.1 Å². The van der Waals surface area contributed by atoms with Gasteiger partial charge in [-0.25, -0.2) is 4.68 Å². The first kappa shape index (κ1) is 17.7. The predicted molar refractivity (Wildman–Crippen MR) is 100 cm³/mol. The first-order chi connectivity index (χ1) is 12.0. The van der Waals surface area contributed by atoms with Gasteiger partial charge in [0.25, 0.3) is 5.56 Å². The second-order valence-corrected chi connectivity index (χ2v) is 6.60. The number of ether oxygens (including phenoxy) is 1. The van der Waals surface area contributed by atoms with Crippen LogP contribution in [0.4, 0.5) is 0 Å². The molecule has 3 rings (SSSR count). The van der Waals surface area contributed by atoms with E-state index in [9.17, 15) is 4.79 Å². The van der Waals surface area contributed by atoms with Crippen LogP contribution in [0.3, 0.4) is 0 Å². The molecule has 0 aliphatic carbocycles. The molecule has 0 saturated carbocycles. The topological polar surface area (TPSA) is 47.4 Å². The number of halogens is 2. The highest BCUT2D eigenvalue weighted by molar-refractivity contribution is 6.41. The number of methoxy groups -OCH3 is 1. The van der Waals surface area contributed by atoms with Crippen LogP contribution in [0.2, 0.25) is 10.0 Å². The molecule has 0 atom stereocenters. The molecule has 1 aromatic heterocycles. The van der Waals surface area contributed by atoms with Gasteiger partial charge in [-0.1, -0.05) is 41.4 Å². The van der Waals surface area contributed by atoms with E-state index in [4.69, 9.17) is 27.9 Å². The zero-order chi connectivity index (χ0) is 18.0. The van der Waals surface area contributed by atoms with Crippen molar-refractivity contribution in [3.63, 3.8) is 0 Å². The summed E-state index contributed by atoms with van der Waals surface area (Å²) in [4.78, 5) is 14.0. The Labute approximate surface area is 155 Å². The number of hydrogen-bond donors (Lipinski definition) is 0. The second-order valence-electron chi connectivity index (χ2n) is 5.81. The van der Waals surface area contributed by atoms with Crippen molar-refractivity contribution in [3.8, 4) is 5.75 Å². The van der Waals surface area contributed by atoms with Gasteiger partial charge in [-0.05, 0) is 41.6 Å². The van der Waals surface area contributed by atoms with Gasteiger partial charge in [0.2, 0.25) is 0 Å². The molecular formula is C18H17Cl2N3O2. The van der Waals surface area contributed by atoms with Gasteiger partial charge >= 0.3 is 0 Å². The maximum atomic E-state index is 12.1. The molecule has 130 valence electrons. The fraction of sp³-hybridized carbons (Fsp3) is 0.222. The Bertz CT molecular complexity index is 972. The maximum absolute atomic E-state index is 12.1. The monoisotopic (exact) mass is 377 g/mol. The highest BCUT2D eigenvalue weighted by Gasteiger charge is 2.10. The van der Waals surface area contributed by atoms with E-state index in [2.05, 4.69) is 23.3 Å². The molecule has 0 spiro atoms. The van der Waals surface area contributed by atoms with Crippen LogP contribution in [0.1, 0.15) is 5.56 Å². The summed E-state index contributed by atoms with van der Waals surface area (Å²) in [6.07, 6.45) is 1.38. The van der Waals surface area contributed by atoms with E-state index in [-0.39, 0.29) is 10.0 Å². The molecule has 1 heterocycles. The van der Waals surface area contributed by atoms with Gasteiger partial charge in [0.1, 0.15) is 10.8 Å². The van der Waals surface area contributed by atoms with Gasteiger partial charge in [0.05, 0.1) is 25.0 Å². The van der Waals surface area contributed by atoms with Crippen LogP contribution in [0.15, 0.2) is 47.4 Å². The summed E-state index contributed by atoms with van der Waals surface area (Å²) in [5, 5.41) is 6.43. The Hall–Kier alpha value is -2.08. The third-order valence-corrected chi connectivity index (χ3v) is 4.63. The van der Waals surface area contributed by atoms with Gasteiger partial charge in [0.15, 0.2) is 0 Å². The summed E-state index contributed by atoms with van der Waals surface area (Å²) in [7, 11) is 3.57. The summed E-state index contributed by atoms with van der Waals surface area (Å²) >= 11 is 11.7. The first-order valence-electron chi connectivity index (χ1n) is 7.64. The van der Waals surface area contributed by atoms with Crippen molar-refractivity contribution in [2.45, 2.75) is 13.2 Å². The van der Waals surface area contributed by atoms with E-state index in [0.29, 0.717) is 13.2 Å². The van der Waals surface area contributed by atoms with Crippen LogP contribution in [0, 0.1) is 0 Å². The molecule has 25 heavy (non-hydrogen) atoms.